The van der Waals surface area contributed by atoms with Gasteiger partial charge >= 0.3 is 5.97 Å². The number of carbonyl (C=O) groups is 1. The first-order valence-corrected chi connectivity index (χ1v) is 7.65. The van der Waals surface area contributed by atoms with Gasteiger partial charge in [-0.05, 0) is 56.0 Å². The van der Waals surface area contributed by atoms with Gasteiger partial charge in [-0.15, -0.1) is 0 Å². The SMILES string of the molecule is CCOC(=O)C(CCSC)Nc1cc(C)cc(F)c1. The van der Waals surface area contributed by atoms with Gasteiger partial charge in [0.15, 0.2) is 0 Å². The lowest BCUT2D eigenvalue weighted by Gasteiger charge is -2.18. The van der Waals surface area contributed by atoms with Gasteiger partial charge in [0.1, 0.15) is 11.9 Å². The number of benzene rings is 1. The van der Waals surface area contributed by atoms with E-state index in [2.05, 4.69) is 5.32 Å². The monoisotopic (exact) mass is 285 g/mol. The molecule has 1 unspecified atom stereocenters. The second kappa shape index (κ2) is 8.04. The summed E-state index contributed by atoms with van der Waals surface area (Å²) in [7, 11) is 0. The molecule has 1 aromatic rings. The first-order chi connectivity index (χ1) is 9.06. The maximum Gasteiger partial charge on any atom is 0.328 e. The lowest BCUT2D eigenvalue weighted by molar-refractivity contribution is -0.144. The van der Waals surface area contributed by atoms with Gasteiger partial charge < -0.3 is 10.1 Å². The van der Waals surface area contributed by atoms with Crippen LogP contribution in [-0.4, -0.2) is 30.6 Å². The van der Waals surface area contributed by atoms with E-state index in [1.807, 2.05) is 19.2 Å². The Kier molecular flexibility index (Phi) is 6.70. The Hall–Kier alpha value is -1.23. The Morgan fingerprint density at radius 2 is 2.21 bits per heavy atom. The fourth-order valence-corrected chi connectivity index (χ4v) is 2.22. The van der Waals surface area contributed by atoms with Gasteiger partial charge in [-0.1, -0.05) is 0 Å². The van der Waals surface area contributed by atoms with Crippen LogP contribution in [0.4, 0.5) is 10.1 Å². The molecule has 1 atom stereocenters. The lowest BCUT2D eigenvalue weighted by atomic mass is 10.1. The van der Waals surface area contributed by atoms with Crippen LogP contribution in [-0.2, 0) is 9.53 Å². The summed E-state index contributed by atoms with van der Waals surface area (Å²) in [5.74, 6) is 0.235. The van der Waals surface area contributed by atoms with E-state index in [9.17, 15) is 9.18 Å². The van der Waals surface area contributed by atoms with Crippen LogP contribution in [0.3, 0.4) is 0 Å². The van der Waals surface area contributed by atoms with Crippen molar-refractivity contribution in [1.82, 2.24) is 0 Å². The number of halogens is 1. The average Bonchev–Trinajstić information content (AvgIpc) is 2.33. The molecule has 0 spiro atoms. The molecule has 0 aliphatic rings. The Morgan fingerprint density at radius 1 is 1.47 bits per heavy atom. The van der Waals surface area contributed by atoms with E-state index < -0.39 is 6.04 Å². The molecule has 19 heavy (non-hydrogen) atoms. The molecule has 0 saturated carbocycles. The van der Waals surface area contributed by atoms with Crippen molar-refractivity contribution >= 4 is 23.4 Å². The van der Waals surface area contributed by atoms with E-state index in [0.717, 1.165) is 11.3 Å². The van der Waals surface area contributed by atoms with Crippen molar-refractivity contribution in [3.63, 3.8) is 0 Å². The fraction of sp³-hybridized carbons (Fsp3) is 0.500. The molecule has 0 aliphatic carbocycles. The van der Waals surface area contributed by atoms with E-state index in [1.54, 1.807) is 18.7 Å². The fourth-order valence-electron chi connectivity index (χ4n) is 1.75. The molecule has 0 heterocycles. The van der Waals surface area contributed by atoms with E-state index in [-0.39, 0.29) is 11.8 Å². The third-order valence-corrected chi connectivity index (χ3v) is 3.21. The Morgan fingerprint density at radius 3 is 2.79 bits per heavy atom. The van der Waals surface area contributed by atoms with E-state index in [0.29, 0.717) is 18.7 Å². The number of carbonyl (C=O) groups excluding carboxylic acids is 1. The molecule has 0 bridgehead atoms. The zero-order chi connectivity index (χ0) is 14.3. The van der Waals surface area contributed by atoms with Gasteiger partial charge in [0, 0.05) is 5.69 Å². The van der Waals surface area contributed by atoms with Gasteiger partial charge in [0.05, 0.1) is 6.61 Å². The molecular weight excluding hydrogens is 265 g/mol. The molecule has 1 N–H and O–H groups in total. The van der Waals surface area contributed by atoms with E-state index in [1.165, 1.54) is 12.1 Å². The number of hydrogen-bond donors (Lipinski definition) is 1. The highest BCUT2D eigenvalue weighted by Gasteiger charge is 2.19. The predicted molar refractivity (Wildman–Crippen MR) is 78.2 cm³/mol. The summed E-state index contributed by atoms with van der Waals surface area (Å²) in [5, 5.41) is 3.05. The van der Waals surface area contributed by atoms with Crippen LogP contribution in [0.1, 0.15) is 18.9 Å². The van der Waals surface area contributed by atoms with Crippen LogP contribution in [0.15, 0.2) is 18.2 Å². The molecule has 106 valence electrons. The molecule has 5 heteroatoms. The van der Waals surface area contributed by atoms with Crippen LogP contribution in [0.5, 0.6) is 0 Å². The number of esters is 1. The Labute approximate surface area is 117 Å². The van der Waals surface area contributed by atoms with Crippen molar-refractivity contribution in [2.75, 3.05) is 23.9 Å². The number of thioether (sulfide) groups is 1. The molecular formula is C14H20FNO2S. The quantitative estimate of drug-likeness (QED) is 0.781. The third-order valence-electron chi connectivity index (χ3n) is 2.56. The van der Waals surface area contributed by atoms with Crippen molar-refractivity contribution < 1.29 is 13.9 Å². The number of ether oxygens (including phenoxy) is 1. The third kappa shape index (κ3) is 5.51. The maximum absolute atomic E-state index is 13.3. The molecule has 0 aliphatic heterocycles. The number of nitrogens with one attached hydrogen (secondary N) is 1. The second-order valence-corrected chi connectivity index (χ2v) is 5.23. The minimum Gasteiger partial charge on any atom is -0.464 e. The number of hydrogen-bond acceptors (Lipinski definition) is 4. The molecule has 1 aromatic carbocycles. The average molecular weight is 285 g/mol. The van der Waals surface area contributed by atoms with Crippen molar-refractivity contribution in [2.45, 2.75) is 26.3 Å². The van der Waals surface area contributed by atoms with Crippen LogP contribution in [0.2, 0.25) is 0 Å². The Bertz CT molecular complexity index is 406. The topological polar surface area (TPSA) is 38.3 Å². The van der Waals surface area contributed by atoms with Gasteiger partial charge in [0.25, 0.3) is 0 Å². The van der Waals surface area contributed by atoms with E-state index in [4.69, 9.17) is 4.74 Å². The number of rotatable bonds is 7. The van der Waals surface area contributed by atoms with Crippen LogP contribution in [0, 0.1) is 12.7 Å². The summed E-state index contributed by atoms with van der Waals surface area (Å²) < 4.78 is 18.3. The smallest absolute Gasteiger partial charge is 0.328 e. The highest BCUT2D eigenvalue weighted by atomic mass is 32.2. The molecule has 3 nitrogen and oxygen atoms in total. The van der Waals surface area contributed by atoms with E-state index >= 15 is 0 Å². The van der Waals surface area contributed by atoms with Gasteiger partial charge in [-0.25, -0.2) is 9.18 Å². The minimum absolute atomic E-state index is 0.293. The minimum atomic E-state index is -0.436. The van der Waals surface area contributed by atoms with Gasteiger partial charge in [0.2, 0.25) is 0 Å². The summed E-state index contributed by atoms with van der Waals surface area (Å²) >= 11 is 1.66. The zero-order valence-electron chi connectivity index (χ0n) is 11.5. The molecule has 1 rings (SSSR count). The van der Waals surface area contributed by atoms with Crippen LogP contribution >= 0.6 is 11.8 Å². The van der Waals surface area contributed by atoms with Crippen molar-refractivity contribution in [1.29, 1.82) is 0 Å². The summed E-state index contributed by atoms with van der Waals surface area (Å²) in [5.41, 5.74) is 1.42. The zero-order valence-corrected chi connectivity index (χ0v) is 12.3. The van der Waals surface area contributed by atoms with Gasteiger partial charge in [-0.3, -0.25) is 0 Å². The van der Waals surface area contributed by atoms with Gasteiger partial charge in [-0.2, -0.15) is 11.8 Å². The summed E-state index contributed by atoms with van der Waals surface area (Å²) in [4.78, 5) is 11.8. The standard InChI is InChI=1S/C14H20FNO2S/c1-4-18-14(17)13(5-6-19-3)16-12-8-10(2)7-11(15)9-12/h7-9,13,16H,4-6H2,1-3H3. The molecule has 0 saturated heterocycles. The Balaban J connectivity index is 2.77. The number of anilines is 1. The first-order valence-electron chi connectivity index (χ1n) is 6.26. The summed E-state index contributed by atoms with van der Waals surface area (Å²) in [6.07, 6.45) is 2.63. The highest BCUT2D eigenvalue weighted by molar-refractivity contribution is 7.98. The molecule has 0 amide bonds. The van der Waals surface area contributed by atoms with Crippen LogP contribution in [0.25, 0.3) is 0 Å². The largest absolute Gasteiger partial charge is 0.464 e. The first kappa shape index (κ1) is 15.8. The maximum atomic E-state index is 13.3. The lowest BCUT2D eigenvalue weighted by Crippen LogP contribution is -2.32. The van der Waals surface area contributed by atoms with Crippen molar-refractivity contribution in [3.8, 4) is 0 Å². The van der Waals surface area contributed by atoms with Crippen LogP contribution < -0.4 is 5.32 Å². The summed E-state index contributed by atoms with van der Waals surface area (Å²) in [6.45, 7) is 3.93. The molecule has 0 fully saturated rings. The molecule has 0 radical (unpaired) electrons. The normalized spacial score (nSPS) is 12.0. The van der Waals surface area contributed by atoms with Crippen molar-refractivity contribution in [3.05, 3.63) is 29.6 Å². The second-order valence-electron chi connectivity index (χ2n) is 4.25. The highest BCUT2D eigenvalue weighted by Crippen LogP contribution is 2.16. The number of aryl methyl sites for hydroxylation is 1. The molecule has 0 aromatic heterocycles. The van der Waals surface area contributed by atoms with Crippen molar-refractivity contribution in [2.24, 2.45) is 0 Å². The predicted octanol–water partition coefficient (Wildman–Crippen LogP) is 3.23. The summed E-state index contributed by atoms with van der Waals surface area (Å²) in [6, 6.07) is 4.22.